The summed E-state index contributed by atoms with van der Waals surface area (Å²) < 4.78 is 0.261. The molecule has 0 saturated carbocycles. The molecule has 0 aliphatic rings. The van der Waals surface area contributed by atoms with Crippen molar-refractivity contribution in [3.8, 4) is 0 Å². The van der Waals surface area contributed by atoms with Gasteiger partial charge in [0.15, 0.2) is 3.79 Å². The average Bonchev–Trinajstić information content (AvgIpc) is 2.30. The van der Waals surface area contributed by atoms with Gasteiger partial charge in [-0.15, -0.1) is 6.58 Å². The van der Waals surface area contributed by atoms with Gasteiger partial charge < -0.3 is 0 Å². The lowest BCUT2D eigenvalue weighted by Gasteiger charge is -2.09. The molecule has 0 aromatic carbocycles. The summed E-state index contributed by atoms with van der Waals surface area (Å²) >= 11 is 18.2. The number of alkyl halides is 3. The van der Waals surface area contributed by atoms with Crippen LogP contribution in [-0.4, -0.2) is 8.36 Å². The van der Waals surface area contributed by atoms with Crippen molar-refractivity contribution in [3.05, 3.63) is 32.9 Å². The van der Waals surface area contributed by atoms with E-state index in [1.165, 1.54) is 0 Å². The molecule has 1 heterocycles. The second kappa shape index (κ2) is 4.91. The van der Waals surface area contributed by atoms with Crippen LogP contribution in [0.4, 0.5) is 0 Å². The van der Waals surface area contributed by atoms with Gasteiger partial charge in [0.2, 0.25) is 0 Å². The molecule has 0 radical (unpaired) electrons. The van der Waals surface area contributed by atoms with Crippen LogP contribution in [0.2, 0.25) is 0 Å². The molecule has 6 heteroatoms. The number of hydrogen-bond acceptors (Lipinski definition) is 2. The fraction of sp³-hybridized carbons (Fsp3) is 0.444. The van der Waals surface area contributed by atoms with E-state index in [4.69, 9.17) is 34.8 Å². The first kappa shape index (κ1) is 13.1. The lowest BCUT2D eigenvalue weighted by atomic mass is 10.3. The van der Waals surface area contributed by atoms with E-state index in [-0.39, 0.29) is 11.3 Å². The maximum absolute atomic E-state index is 11.5. The molecule has 1 aromatic heterocycles. The van der Waals surface area contributed by atoms with Crippen LogP contribution >= 0.6 is 46.1 Å². The molecular weight excluding hydrogens is 277 g/mol. The molecule has 2 nitrogen and oxygen atoms in total. The van der Waals surface area contributed by atoms with Gasteiger partial charge in [-0.25, -0.2) is 0 Å². The van der Waals surface area contributed by atoms with Gasteiger partial charge in [-0.05, 0) is 6.92 Å². The molecule has 1 aromatic rings. The summed E-state index contributed by atoms with van der Waals surface area (Å²) in [5.41, 5.74) is 0.844. The number of rotatable bonds is 3. The summed E-state index contributed by atoms with van der Waals surface area (Å²) in [5.74, 6) is 0. The number of thiazole rings is 1. The lowest BCUT2D eigenvalue weighted by Crippen LogP contribution is -2.13. The van der Waals surface area contributed by atoms with E-state index < -0.39 is 3.79 Å². The van der Waals surface area contributed by atoms with E-state index in [1.807, 2.05) is 6.92 Å². The Morgan fingerprint density at radius 1 is 1.53 bits per heavy atom. The second-order valence-corrected chi connectivity index (χ2v) is 6.63. The van der Waals surface area contributed by atoms with Crippen molar-refractivity contribution in [3.63, 3.8) is 0 Å². The first-order valence-corrected chi connectivity index (χ1v) is 6.17. The highest BCUT2D eigenvalue weighted by atomic mass is 35.6. The molecule has 0 aliphatic carbocycles. The van der Waals surface area contributed by atoms with Gasteiger partial charge in [-0.1, -0.05) is 52.2 Å². The van der Waals surface area contributed by atoms with E-state index in [1.54, 1.807) is 10.6 Å². The Hall–Kier alpha value is 0.0400. The van der Waals surface area contributed by atoms with E-state index in [2.05, 4.69) is 6.58 Å². The van der Waals surface area contributed by atoms with Crippen LogP contribution in [0.25, 0.3) is 0 Å². The lowest BCUT2D eigenvalue weighted by molar-refractivity contribution is 0.765. The van der Waals surface area contributed by atoms with Crippen LogP contribution in [0, 0.1) is 6.92 Å². The highest BCUT2D eigenvalue weighted by molar-refractivity contribution is 7.09. The second-order valence-electron chi connectivity index (χ2n) is 3.07. The van der Waals surface area contributed by atoms with Crippen LogP contribution in [0.3, 0.4) is 0 Å². The average molecular weight is 287 g/mol. The van der Waals surface area contributed by atoms with Crippen molar-refractivity contribution in [1.82, 2.24) is 4.57 Å². The van der Waals surface area contributed by atoms with Crippen LogP contribution in [0.1, 0.15) is 10.6 Å². The normalized spacial score (nSPS) is 11.7. The zero-order valence-electron chi connectivity index (χ0n) is 8.10. The molecule has 84 valence electrons. The van der Waals surface area contributed by atoms with Gasteiger partial charge in [-0.2, -0.15) is 0 Å². The zero-order chi connectivity index (χ0) is 11.6. The van der Waals surface area contributed by atoms with Gasteiger partial charge in [0, 0.05) is 23.5 Å². The molecule has 15 heavy (non-hydrogen) atoms. The fourth-order valence-corrected chi connectivity index (χ4v) is 2.93. The minimum Gasteiger partial charge on any atom is -0.299 e. The van der Waals surface area contributed by atoms with Crippen molar-refractivity contribution >= 4 is 46.1 Å². The number of allylic oxidation sites excluding steroid dienone is 1. The maximum atomic E-state index is 11.5. The predicted molar refractivity (Wildman–Crippen MR) is 67.5 cm³/mol. The highest BCUT2D eigenvalue weighted by Gasteiger charge is 2.24. The largest absolute Gasteiger partial charge is 0.307 e. The quantitative estimate of drug-likeness (QED) is 0.617. The molecule has 0 aliphatic heterocycles. The summed E-state index contributed by atoms with van der Waals surface area (Å²) in [6.45, 7) is 5.92. The molecule has 0 spiro atoms. The first-order valence-electron chi connectivity index (χ1n) is 4.22. The first-order chi connectivity index (χ1) is 6.85. The van der Waals surface area contributed by atoms with Crippen molar-refractivity contribution in [1.29, 1.82) is 0 Å². The molecule has 0 amide bonds. The Labute approximate surface area is 107 Å². The Bertz CT molecular complexity index is 416. The summed E-state index contributed by atoms with van der Waals surface area (Å²) in [7, 11) is 0. The number of hydrogen-bond donors (Lipinski definition) is 0. The fourth-order valence-electron chi connectivity index (χ4n) is 1.21. The van der Waals surface area contributed by atoms with Crippen molar-refractivity contribution in [2.75, 3.05) is 0 Å². The molecule has 0 N–H and O–H groups in total. The summed E-state index contributed by atoms with van der Waals surface area (Å²) in [6, 6.07) is 0. The Balaban J connectivity index is 3.07. The maximum Gasteiger partial charge on any atom is 0.307 e. The van der Waals surface area contributed by atoms with Gasteiger partial charge >= 0.3 is 4.87 Å². The van der Waals surface area contributed by atoms with Crippen molar-refractivity contribution in [2.45, 2.75) is 23.7 Å². The zero-order valence-corrected chi connectivity index (χ0v) is 11.2. The van der Waals surface area contributed by atoms with Crippen LogP contribution in [0.5, 0.6) is 0 Å². The van der Waals surface area contributed by atoms with Crippen LogP contribution < -0.4 is 4.87 Å². The Kier molecular flexibility index (Phi) is 4.29. The number of nitrogens with zero attached hydrogens (tertiary/aromatic N) is 1. The molecule has 0 atom stereocenters. The monoisotopic (exact) mass is 285 g/mol. The van der Waals surface area contributed by atoms with E-state index in [0.717, 1.165) is 21.9 Å². The van der Waals surface area contributed by atoms with Gasteiger partial charge in [-0.3, -0.25) is 9.36 Å². The third-order valence-electron chi connectivity index (χ3n) is 1.91. The van der Waals surface area contributed by atoms with E-state index in [9.17, 15) is 4.79 Å². The van der Waals surface area contributed by atoms with Crippen LogP contribution in [-0.2, 0) is 13.0 Å². The van der Waals surface area contributed by atoms with Crippen molar-refractivity contribution in [2.24, 2.45) is 0 Å². The van der Waals surface area contributed by atoms with Gasteiger partial charge in [0.05, 0.1) is 0 Å². The third-order valence-corrected chi connectivity index (χ3v) is 3.39. The standard InChI is InChI=1S/C9H10Cl3NOS/c1-3-4-13-6(2)7(15-8(13)14)5-9(10,11)12/h3H,1,4-5H2,2H3. The molecule has 0 bridgehead atoms. The molecule has 0 fully saturated rings. The number of aromatic nitrogens is 1. The smallest absolute Gasteiger partial charge is 0.299 e. The molecule has 0 unspecified atom stereocenters. The van der Waals surface area contributed by atoms with Crippen molar-refractivity contribution < 1.29 is 0 Å². The topological polar surface area (TPSA) is 22.0 Å². The predicted octanol–water partition coefficient (Wildman–Crippen LogP) is 3.32. The Morgan fingerprint density at radius 2 is 2.13 bits per heavy atom. The summed E-state index contributed by atoms with van der Waals surface area (Å²) in [5, 5.41) is 0. The third kappa shape index (κ3) is 3.52. The SMILES string of the molecule is C=CCn1c(C)c(CC(Cl)(Cl)Cl)sc1=O. The molecular formula is C9H10Cl3NOS. The van der Waals surface area contributed by atoms with Gasteiger partial charge in [0.25, 0.3) is 0 Å². The van der Waals surface area contributed by atoms with Crippen LogP contribution in [0.15, 0.2) is 17.4 Å². The summed E-state index contributed by atoms with van der Waals surface area (Å²) in [6.07, 6.45) is 1.92. The minimum absolute atomic E-state index is 0.0448. The Morgan fingerprint density at radius 3 is 2.60 bits per heavy atom. The molecule has 0 saturated heterocycles. The number of halogens is 3. The highest BCUT2D eigenvalue weighted by Crippen LogP contribution is 2.32. The van der Waals surface area contributed by atoms with Gasteiger partial charge in [0.1, 0.15) is 0 Å². The minimum atomic E-state index is -1.35. The van der Waals surface area contributed by atoms with E-state index >= 15 is 0 Å². The van der Waals surface area contributed by atoms with E-state index in [0.29, 0.717) is 6.54 Å². The summed E-state index contributed by atoms with van der Waals surface area (Å²) in [4.78, 5) is 12.3. The molecule has 1 rings (SSSR count).